The molecular formula is C15H21IN6OS. The Balaban J connectivity index is 0.00000288. The van der Waals surface area contributed by atoms with Crippen LogP contribution in [0, 0.1) is 6.92 Å². The topological polar surface area (TPSA) is 91.3 Å². The highest BCUT2D eigenvalue weighted by Gasteiger charge is 2.05. The molecule has 0 spiro atoms. The zero-order chi connectivity index (χ0) is 16.5. The number of hydrogen-bond donors (Lipinski definition) is 3. The normalized spacial score (nSPS) is 10.7. The number of rotatable bonds is 6. The summed E-state index contributed by atoms with van der Waals surface area (Å²) in [7, 11) is 1.67. The van der Waals surface area contributed by atoms with Crippen molar-refractivity contribution in [3.8, 4) is 0 Å². The molecule has 0 radical (unpaired) electrons. The quantitative estimate of drug-likeness (QED) is 0.348. The molecule has 130 valence electrons. The van der Waals surface area contributed by atoms with Crippen molar-refractivity contribution >= 4 is 52.9 Å². The Labute approximate surface area is 162 Å². The van der Waals surface area contributed by atoms with E-state index in [1.165, 1.54) is 4.88 Å². The van der Waals surface area contributed by atoms with Gasteiger partial charge in [-0.05, 0) is 19.1 Å². The largest absolute Gasteiger partial charge is 0.356 e. The molecule has 0 saturated carbocycles. The number of halogens is 1. The first-order chi connectivity index (χ1) is 11.2. The third-order valence-electron chi connectivity index (χ3n) is 2.89. The van der Waals surface area contributed by atoms with Gasteiger partial charge in [-0.1, -0.05) is 0 Å². The van der Waals surface area contributed by atoms with Gasteiger partial charge < -0.3 is 16.0 Å². The fourth-order valence-electron chi connectivity index (χ4n) is 1.83. The van der Waals surface area contributed by atoms with E-state index in [1.54, 1.807) is 42.9 Å². The molecule has 9 heteroatoms. The standard InChI is InChI=1S/C15H20N6OS.HI/c1-11-8-19-14(23-11)5-7-18-15(16-2)20-10-13(22)21-12-4-3-6-17-9-12;/h3-4,6,8-9H,5,7,10H2,1-2H3,(H,21,22)(H2,16,18,20);1H. The Bertz CT molecular complexity index is 661. The van der Waals surface area contributed by atoms with Crippen molar-refractivity contribution in [2.75, 3.05) is 25.5 Å². The lowest BCUT2D eigenvalue weighted by molar-refractivity contribution is -0.115. The van der Waals surface area contributed by atoms with Crippen LogP contribution < -0.4 is 16.0 Å². The number of aliphatic imine (C=N–C) groups is 1. The molecule has 0 saturated heterocycles. The number of anilines is 1. The van der Waals surface area contributed by atoms with Crippen molar-refractivity contribution in [3.05, 3.63) is 40.6 Å². The molecule has 1 amide bonds. The second-order valence-electron chi connectivity index (χ2n) is 4.76. The molecule has 2 aromatic heterocycles. The number of thiazole rings is 1. The maximum absolute atomic E-state index is 11.8. The minimum absolute atomic E-state index is 0. The monoisotopic (exact) mass is 460 g/mol. The Kier molecular flexibility index (Phi) is 9.23. The van der Waals surface area contributed by atoms with E-state index >= 15 is 0 Å². The van der Waals surface area contributed by atoms with Crippen LogP contribution >= 0.6 is 35.3 Å². The molecule has 0 aliphatic heterocycles. The van der Waals surface area contributed by atoms with Crippen LogP contribution in [0.1, 0.15) is 9.88 Å². The van der Waals surface area contributed by atoms with Crippen LogP contribution in [-0.4, -0.2) is 42.0 Å². The molecule has 0 fully saturated rings. The molecular weight excluding hydrogens is 439 g/mol. The molecule has 2 heterocycles. The van der Waals surface area contributed by atoms with Crippen LogP contribution in [0.25, 0.3) is 0 Å². The second kappa shape index (κ2) is 10.9. The van der Waals surface area contributed by atoms with Gasteiger partial charge in [0.2, 0.25) is 5.91 Å². The fourth-order valence-corrected chi connectivity index (χ4v) is 2.62. The lowest BCUT2D eigenvalue weighted by atomic mass is 10.4. The van der Waals surface area contributed by atoms with Crippen molar-refractivity contribution in [1.82, 2.24) is 20.6 Å². The number of hydrogen-bond acceptors (Lipinski definition) is 5. The number of pyridine rings is 1. The van der Waals surface area contributed by atoms with Crippen LogP contribution in [-0.2, 0) is 11.2 Å². The number of nitrogens with one attached hydrogen (secondary N) is 3. The minimum Gasteiger partial charge on any atom is -0.356 e. The van der Waals surface area contributed by atoms with Crippen LogP contribution in [0.2, 0.25) is 0 Å². The molecule has 0 aliphatic rings. The Morgan fingerprint density at radius 2 is 2.17 bits per heavy atom. The SMILES string of the molecule is CN=C(NCCc1ncc(C)s1)NCC(=O)Nc1cccnc1.I. The molecule has 7 nitrogen and oxygen atoms in total. The highest BCUT2D eigenvalue weighted by Crippen LogP contribution is 2.10. The summed E-state index contributed by atoms with van der Waals surface area (Å²) in [5, 5.41) is 9.96. The van der Waals surface area contributed by atoms with Crippen LogP contribution in [0.15, 0.2) is 35.7 Å². The maximum atomic E-state index is 11.8. The summed E-state index contributed by atoms with van der Waals surface area (Å²) in [6, 6.07) is 3.55. The summed E-state index contributed by atoms with van der Waals surface area (Å²) in [6.45, 7) is 2.87. The summed E-state index contributed by atoms with van der Waals surface area (Å²) >= 11 is 1.69. The predicted molar refractivity (Wildman–Crippen MR) is 108 cm³/mol. The maximum Gasteiger partial charge on any atom is 0.243 e. The van der Waals surface area contributed by atoms with Gasteiger partial charge in [0.15, 0.2) is 5.96 Å². The zero-order valence-corrected chi connectivity index (χ0v) is 16.7. The van der Waals surface area contributed by atoms with Gasteiger partial charge in [-0.25, -0.2) is 4.98 Å². The lowest BCUT2D eigenvalue weighted by Gasteiger charge is -2.11. The minimum atomic E-state index is -0.156. The molecule has 0 bridgehead atoms. The zero-order valence-electron chi connectivity index (χ0n) is 13.6. The second-order valence-corrected chi connectivity index (χ2v) is 6.08. The van der Waals surface area contributed by atoms with Gasteiger partial charge in [0.1, 0.15) is 0 Å². The van der Waals surface area contributed by atoms with Gasteiger partial charge in [0.25, 0.3) is 0 Å². The molecule has 2 rings (SSSR count). The van der Waals surface area contributed by atoms with Gasteiger partial charge in [-0.3, -0.25) is 14.8 Å². The van der Waals surface area contributed by atoms with E-state index in [1.807, 2.05) is 13.1 Å². The summed E-state index contributed by atoms with van der Waals surface area (Å²) in [4.78, 5) is 25.4. The molecule has 3 N–H and O–H groups in total. The van der Waals surface area contributed by atoms with Gasteiger partial charge in [-0.2, -0.15) is 0 Å². The first kappa shape index (κ1) is 20.3. The van der Waals surface area contributed by atoms with Crippen LogP contribution in [0.3, 0.4) is 0 Å². The smallest absolute Gasteiger partial charge is 0.243 e. The highest BCUT2D eigenvalue weighted by atomic mass is 127. The third kappa shape index (κ3) is 7.21. The Hall–Kier alpha value is -1.75. The fraction of sp³-hybridized carbons (Fsp3) is 0.333. The van der Waals surface area contributed by atoms with E-state index in [9.17, 15) is 4.79 Å². The number of aryl methyl sites for hydroxylation is 1. The average Bonchev–Trinajstić information content (AvgIpc) is 2.97. The molecule has 0 aromatic carbocycles. The van der Waals surface area contributed by atoms with Gasteiger partial charge >= 0.3 is 0 Å². The summed E-state index contributed by atoms with van der Waals surface area (Å²) in [5.41, 5.74) is 0.668. The Morgan fingerprint density at radius 1 is 1.33 bits per heavy atom. The molecule has 0 aliphatic carbocycles. The van der Waals surface area contributed by atoms with E-state index in [4.69, 9.17) is 0 Å². The number of nitrogens with zero attached hydrogens (tertiary/aromatic N) is 3. The molecule has 0 unspecified atom stereocenters. The number of amides is 1. The van der Waals surface area contributed by atoms with E-state index in [0.717, 1.165) is 11.4 Å². The van der Waals surface area contributed by atoms with E-state index in [2.05, 4.69) is 30.9 Å². The van der Waals surface area contributed by atoms with E-state index < -0.39 is 0 Å². The van der Waals surface area contributed by atoms with Crippen molar-refractivity contribution in [3.63, 3.8) is 0 Å². The number of carbonyl (C=O) groups excluding carboxylic acids is 1. The predicted octanol–water partition coefficient (Wildman–Crippen LogP) is 1.81. The highest BCUT2D eigenvalue weighted by molar-refractivity contribution is 14.0. The van der Waals surface area contributed by atoms with Gasteiger partial charge in [-0.15, -0.1) is 35.3 Å². The van der Waals surface area contributed by atoms with Gasteiger partial charge in [0.05, 0.1) is 23.4 Å². The van der Waals surface area contributed by atoms with Crippen molar-refractivity contribution < 1.29 is 4.79 Å². The molecule has 2 aromatic rings. The lowest BCUT2D eigenvalue weighted by Crippen LogP contribution is -2.42. The number of aromatic nitrogens is 2. The van der Waals surface area contributed by atoms with Crippen molar-refractivity contribution in [2.24, 2.45) is 4.99 Å². The number of carbonyl (C=O) groups is 1. The first-order valence-corrected chi connectivity index (χ1v) is 8.04. The van der Waals surface area contributed by atoms with E-state index in [-0.39, 0.29) is 36.4 Å². The van der Waals surface area contributed by atoms with Crippen molar-refractivity contribution in [1.29, 1.82) is 0 Å². The molecule has 0 atom stereocenters. The third-order valence-corrected chi connectivity index (χ3v) is 3.86. The first-order valence-electron chi connectivity index (χ1n) is 7.23. The van der Waals surface area contributed by atoms with Crippen LogP contribution in [0.5, 0.6) is 0 Å². The average molecular weight is 460 g/mol. The van der Waals surface area contributed by atoms with Crippen LogP contribution in [0.4, 0.5) is 5.69 Å². The summed E-state index contributed by atoms with van der Waals surface area (Å²) < 4.78 is 0. The van der Waals surface area contributed by atoms with Crippen molar-refractivity contribution in [2.45, 2.75) is 13.3 Å². The Morgan fingerprint density at radius 3 is 2.79 bits per heavy atom. The summed E-state index contributed by atoms with van der Waals surface area (Å²) in [5.74, 6) is 0.427. The number of guanidine groups is 1. The van der Waals surface area contributed by atoms with Gasteiger partial charge in [0, 0.05) is 37.3 Å². The van der Waals surface area contributed by atoms with E-state index in [0.29, 0.717) is 18.2 Å². The summed E-state index contributed by atoms with van der Waals surface area (Å²) in [6.07, 6.45) is 5.95. The molecule has 24 heavy (non-hydrogen) atoms.